The molecular formula is C17H24N4O. The van der Waals surface area contributed by atoms with Crippen LogP contribution in [-0.2, 0) is 0 Å². The molecule has 0 radical (unpaired) electrons. The molecule has 1 aliphatic carbocycles. The van der Waals surface area contributed by atoms with E-state index in [2.05, 4.69) is 5.43 Å². The van der Waals surface area contributed by atoms with Crippen LogP contribution in [0.25, 0.3) is 5.70 Å². The number of allylic oxidation sites excluding steroid dienone is 1. The van der Waals surface area contributed by atoms with Gasteiger partial charge in [-0.2, -0.15) is 5.26 Å². The molecule has 1 aromatic carbocycles. The summed E-state index contributed by atoms with van der Waals surface area (Å²) in [4.78, 5) is 0. The SMILES string of the molecule is N#C/C(NN)=C(/N)c1cccc(OCCC2CCCCC2)c1. The predicted octanol–water partition coefficient (Wildman–Crippen LogP) is 2.65. The lowest BCUT2D eigenvalue weighted by Crippen LogP contribution is -2.23. The Balaban J connectivity index is 1.94. The molecule has 0 saturated heterocycles. The van der Waals surface area contributed by atoms with Crippen molar-refractivity contribution in [2.24, 2.45) is 17.5 Å². The van der Waals surface area contributed by atoms with Crippen molar-refractivity contribution in [1.82, 2.24) is 5.43 Å². The normalized spacial score (nSPS) is 16.5. The number of nitrogens with two attached hydrogens (primary N) is 2. The summed E-state index contributed by atoms with van der Waals surface area (Å²) in [6.45, 7) is 0.720. The molecule has 0 atom stereocenters. The van der Waals surface area contributed by atoms with Crippen LogP contribution in [0.2, 0.25) is 0 Å². The van der Waals surface area contributed by atoms with Crippen LogP contribution in [0.15, 0.2) is 30.0 Å². The molecular weight excluding hydrogens is 276 g/mol. The van der Waals surface area contributed by atoms with Crippen molar-refractivity contribution >= 4 is 5.70 Å². The predicted molar refractivity (Wildman–Crippen MR) is 87.2 cm³/mol. The Bertz CT molecular complexity index is 556. The fraction of sp³-hybridized carbons (Fsp3) is 0.471. The van der Waals surface area contributed by atoms with Crippen LogP contribution in [0.4, 0.5) is 0 Å². The van der Waals surface area contributed by atoms with Crippen molar-refractivity contribution in [2.45, 2.75) is 38.5 Å². The number of hydrazine groups is 1. The smallest absolute Gasteiger partial charge is 0.151 e. The molecule has 2 rings (SSSR count). The Morgan fingerprint density at radius 2 is 2.09 bits per heavy atom. The first kappa shape index (κ1) is 16.2. The van der Waals surface area contributed by atoms with Crippen LogP contribution in [0.5, 0.6) is 5.75 Å². The average molecular weight is 300 g/mol. The highest BCUT2D eigenvalue weighted by Gasteiger charge is 2.13. The Morgan fingerprint density at radius 3 is 2.77 bits per heavy atom. The molecule has 0 unspecified atom stereocenters. The molecule has 0 aliphatic heterocycles. The first-order valence-corrected chi connectivity index (χ1v) is 7.84. The van der Waals surface area contributed by atoms with Gasteiger partial charge in [0.05, 0.1) is 12.3 Å². The summed E-state index contributed by atoms with van der Waals surface area (Å²) in [5, 5.41) is 8.95. The summed E-state index contributed by atoms with van der Waals surface area (Å²) in [7, 11) is 0. The van der Waals surface area contributed by atoms with Gasteiger partial charge >= 0.3 is 0 Å². The van der Waals surface area contributed by atoms with E-state index in [-0.39, 0.29) is 5.70 Å². The van der Waals surface area contributed by atoms with Gasteiger partial charge in [-0.1, -0.05) is 44.2 Å². The van der Waals surface area contributed by atoms with E-state index in [0.29, 0.717) is 5.70 Å². The number of ether oxygens (including phenoxy) is 1. The van der Waals surface area contributed by atoms with Gasteiger partial charge < -0.3 is 15.9 Å². The molecule has 5 N–H and O–H groups in total. The van der Waals surface area contributed by atoms with Gasteiger partial charge in [-0.15, -0.1) is 0 Å². The second-order valence-electron chi connectivity index (χ2n) is 5.71. The quantitative estimate of drug-likeness (QED) is 0.426. The molecule has 0 amide bonds. The van der Waals surface area contributed by atoms with E-state index in [1.807, 2.05) is 30.3 Å². The van der Waals surface area contributed by atoms with Gasteiger partial charge in [0.2, 0.25) is 0 Å². The van der Waals surface area contributed by atoms with Crippen molar-refractivity contribution < 1.29 is 4.74 Å². The van der Waals surface area contributed by atoms with Gasteiger partial charge in [-0.3, -0.25) is 0 Å². The van der Waals surface area contributed by atoms with Gasteiger partial charge in [0.25, 0.3) is 0 Å². The first-order valence-electron chi connectivity index (χ1n) is 7.84. The zero-order valence-corrected chi connectivity index (χ0v) is 12.8. The molecule has 1 fully saturated rings. The minimum absolute atomic E-state index is 0.152. The third-order valence-electron chi connectivity index (χ3n) is 4.19. The van der Waals surface area contributed by atoms with E-state index < -0.39 is 0 Å². The molecule has 1 aromatic rings. The second-order valence-corrected chi connectivity index (χ2v) is 5.71. The number of hydrogen-bond acceptors (Lipinski definition) is 5. The molecule has 0 heterocycles. The van der Waals surface area contributed by atoms with E-state index in [1.165, 1.54) is 32.1 Å². The topological polar surface area (TPSA) is 97.1 Å². The van der Waals surface area contributed by atoms with Gasteiger partial charge in [0.15, 0.2) is 5.70 Å². The van der Waals surface area contributed by atoms with E-state index in [4.69, 9.17) is 21.6 Å². The van der Waals surface area contributed by atoms with Gasteiger partial charge in [-0.05, 0) is 24.5 Å². The van der Waals surface area contributed by atoms with Crippen LogP contribution in [0.1, 0.15) is 44.1 Å². The molecule has 1 saturated carbocycles. The van der Waals surface area contributed by atoms with Crippen LogP contribution >= 0.6 is 0 Å². The number of nitrogens with one attached hydrogen (secondary N) is 1. The molecule has 118 valence electrons. The van der Waals surface area contributed by atoms with Crippen molar-refractivity contribution in [1.29, 1.82) is 5.26 Å². The third-order valence-corrected chi connectivity index (χ3v) is 4.19. The molecule has 5 heteroatoms. The maximum Gasteiger partial charge on any atom is 0.151 e. The van der Waals surface area contributed by atoms with Crippen LogP contribution < -0.4 is 21.7 Å². The zero-order valence-electron chi connectivity index (χ0n) is 12.8. The minimum atomic E-state index is 0.152. The molecule has 0 bridgehead atoms. The number of nitriles is 1. The zero-order chi connectivity index (χ0) is 15.8. The van der Waals surface area contributed by atoms with Crippen LogP contribution in [0.3, 0.4) is 0 Å². The fourth-order valence-corrected chi connectivity index (χ4v) is 2.89. The summed E-state index contributed by atoms with van der Waals surface area (Å²) in [6.07, 6.45) is 7.83. The summed E-state index contributed by atoms with van der Waals surface area (Å²) in [5.74, 6) is 6.85. The fourth-order valence-electron chi connectivity index (χ4n) is 2.89. The highest BCUT2D eigenvalue weighted by molar-refractivity contribution is 5.69. The Morgan fingerprint density at radius 1 is 1.32 bits per heavy atom. The summed E-state index contributed by atoms with van der Waals surface area (Å²) in [5.41, 5.74) is 9.44. The molecule has 0 aromatic heterocycles. The summed E-state index contributed by atoms with van der Waals surface area (Å²) >= 11 is 0. The van der Waals surface area contributed by atoms with Gasteiger partial charge in [0, 0.05) is 5.56 Å². The van der Waals surface area contributed by atoms with Crippen molar-refractivity contribution in [3.63, 3.8) is 0 Å². The van der Waals surface area contributed by atoms with Crippen molar-refractivity contribution in [3.05, 3.63) is 35.5 Å². The van der Waals surface area contributed by atoms with Gasteiger partial charge in [-0.25, -0.2) is 5.84 Å². The average Bonchev–Trinajstić information content (AvgIpc) is 2.57. The highest BCUT2D eigenvalue weighted by Crippen LogP contribution is 2.26. The van der Waals surface area contributed by atoms with Crippen LogP contribution in [0, 0.1) is 17.2 Å². The molecule has 22 heavy (non-hydrogen) atoms. The van der Waals surface area contributed by atoms with E-state index in [1.54, 1.807) is 0 Å². The lowest BCUT2D eigenvalue weighted by atomic mass is 9.87. The van der Waals surface area contributed by atoms with E-state index >= 15 is 0 Å². The number of nitrogens with zero attached hydrogens (tertiary/aromatic N) is 1. The number of rotatable bonds is 6. The Hall–Kier alpha value is -2.19. The summed E-state index contributed by atoms with van der Waals surface area (Å²) < 4.78 is 5.83. The lowest BCUT2D eigenvalue weighted by molar-refractivity contribution is 0.246. The monoisotopic (exact) mass is 300 g/mol. The highest BCUT2D eigenvalue weighted by atomic mass is 16.5. The van der Waals surface area contributed by atoms with Gasteiger partial charge in [0.1, 0.15) is 11.8 Å². The maximum atomic E-state index is 8.95. The van der Waals surface area contributed by atoms with Crippen molar-refractivity contribution in [2.75, 3.05) is 6.61 Å². The first-order chi connectivity index (χ1) is 10.7. The number of hydrogen-bond donors (Lipinski definition) is 3. The molecule has 1 aliphatic rings. The standard InChI is InChI=1S/C17H24N4O/c18-12-16(21-20)17(19)14-7-4-8-15(11-14)22-10-9-13-5-2-1-3-6-13/h4,7-8,11,13,21H,1-3,5-6,9-10,19-20H2/b17-16-. The minimum Gasteiger partial charge on any atom is -0.494 e. The lowest BCUT2D eigenvalue weighted by Gasteiger charge is -2.21. The number of benzene rings is 1. The largest absolute Gasteiger partial charge is 0.494 e. The Labute approximate surface area is 131 Å². The maximum absolute atomic E-state index is 8.95. The molecule has 0 spiro atoms. The Kier molecular flexibility index (Phi) is 6.11. The summed E-state index contributed by atoms with van der Waals surface area (Å²) in [6, 6.07) is 9.37. The van der Waals surface area contributed by atoms with E-state index in [0.717, 1.165) is 30.3 Å². The second kappa shape index (κ2) is 8.30. The van der Waals surface area contributed by atoms with Crippen LogP contribution in [-0.4, -0.2) is 6.61 Å². The van der Waals surface area contributed by atoms with Crippen molar-refractivity contribution in [3.8, 4) is 11.8 Å². The third kappa shape index (κ3) is 4.40. The van der Waals surface area contributed by atoms with E-state index in [9.17, 15) is 0 Å². The molecule has 5 nitrogen and oxygen atoms in total.